The van der Waals surface area contributed by atoms with Gasteiger partial charge < -0.3 is 30.4 Å². The minimum absolute atomic E-state index is 0.143. The summed E-state index contributed by atoms with van der Waals surface area (Å²) < 4.78 is 30.4. The zero-order valence-electron chi connectivity index (χ0n) is 22.5. The van der Waals surface area contributed by atoms with Gasteiger partial charge in [-0.05, 0) is 55.0 Å². The third-order valence-corrected chi connectivity index (χ3v) is 6.00. The SMILES string of the molecule is COCCCOc1cc(COCC(N)CC[C@H](C(=O)NCC(C)C)C(C)O)ccc1-c1ccc(F)cc1. The predicted octanol–water partition coefficient (Wildman–Crippen LogP) is 4.30. The van der Waals surface area contributed by atoms with E-state index in [0.717, 1.165) is 23.1 Å². The van der Waals surface area contributed by atoms with Gasteiger partial charge >= 0.3 is 0 Å². The summed E-state index contributed by atoms with van der Waals surface area (Å²) in [5.74, 6) is 0.108. The number of rotatable bonds is 17. The second-order valence-corrected chi connectivity index (χ2v) is 9.87. The molecule has 2 aromatic carbocycles. The summed E-state index contributed by atoms with van der Waals surface area (Å²) in [5, 5.41) is 12.9. The molecule has 2 rings (SSSR count). The van der Waals surface area contributed by atoms with Gasteiger partial charge in [0.2, 0.25) is 5.91 Å². The zero-order chi connectivity index (χ0) is 27.2. The van der Waals surface area contributed by atoms with Crippen LogP contribution in [0.15, 0.2) is 42.5 Å². The van der Waals surface area contributed by atoms with Crippen molar-refractivity contribution in [2.75, 3.05) is 33.5 Å². The third-order valence-electron chi connectivity index (χ3n) is 6.00. The minimum atomic E-state index is -0.748. The van der Waals surface area contributed by atoms with E-state index in [1.54, 1.807) is 26.2 Å². The van der Waals surface area contributed by atoms with Crippen molar-refractivity contribution >= 4 is 5.91 Å². The predicted molar refractivity (Wildman–Crippen MR) is 144 cm³/mol. The van der Waals surface area contributed by atoms with Crippen molar-refractivity contribution in [2.24, 2.45) is 17.6 Å². The number of ether oxygens (including phenoxy) is 3. The molecule has 206 valence electrons. The highest BCUT2D eigenvalue weighted by molar-refractivity contribution is 5.79. The fourth-order valence-electron chi connectivity index (χ4n) is 3.86. The summed E-state index contributed by atoms with van der Waals surface area (Å²) in [4.78, 5) is 12.4. The van der Waals surface area contributed by atoms with Gasteiger partial charge in [-0.3, -0.25) is 4.79 Å². The Bertz CT molecular complexity index is 936. The highest BCUT2D eigenvalue weighted by Crippen LogP contribution is 2.31. The van der Waals surface area contributed by atoms with Gasteiger partial charge in [-0.2, -0.15) is 0 Å². The lowest BCUT2D eigenvalue weighted by molar-refractivity contribution is -0.128. The van der Waals surface area contributed by atoms with Crippen molar-refractivity contribution in [3.05, 3.63) is 53.8 Å². The number of hydrogen-bond donors (Lipinski definition) is 3. The number of aliphatic hydroxyl groups is 1. The van der Waals surface area contributed by atoms with Crippen molar-refractivity contribution in [1.82, 2.24) is 5.32 Å². The topological polar surface area (TPSA) is 103 Å². The number of hydrogen-bond acceptors (Lipinski definition) is 6. The summed E-state index contributed by atoms with van der Waals surface area (Å²) in [6, 6.07) is 11.9. The Balaban J connectivity index is 1.93. The molecule has 0 heterocycles. The fraction of sp³-hybridized carbons (Fsp3) is 0.552. The van der Waals surface area contributed by atoms with Gasteiger partial charge in [0.05, 0.1) is 31.8 Å². The largest absolute Gasteiger partial charge is 0.493 e. The van der Waals surface area contributed by atoms with Gasteiger partial charge in [0, 0.05) is 38.3 Å². The van der Waals surface area contributed by atoms with Crippen LogP contribution in [0, 0.1) is 17.7 Å². The number of carbonyl (C=O) groups excluding carboxylic acids is 1. The molecule has 8 heteroatoms. The van der Waals surface area contributed by atoms with Crippen LogP contribution < -0.4 is 15.8 Å². The van der Waals surface area contributed by atoms with E-state index >= 15 is 0 Å². The molecule has 7 nitrogen and oxygen atoms in total. The molecule has 1 amide bonds. The quantitative estimate of drug-likeness (QED) is 0.270. The standard InChI is InChI=1S/C29H43FN2O5/c1-20(2)17-32-29(34)26(21(3)33)13-11-25(31)19-36-18-22-6-12-27(23-7-9-24(30)10-8-23)28(16-22)37-15-5-14-35-4/h6-10,12,16,20-21,25-26,33H,5,11,13-15,17-19,31H2,1-4H3,(H,32,34)/t21?,25?,26-/m0/s1. The van der Waals surface area contributed by atoms with Crippen LogP contribution in [0.25, 0.3) is 11.1 Å². The van der Waals surface area contributed by atoms with Crippen LogP contribution >= 0.6 is 0 Å². The monoisotopic (exact) mass is 518 g/mol. The zero-order valence-corrected chi connectivity index (χ0v) is 22.5. The third kappa shape index (κ3) is 11.2. The van der Waals surface area contributed by atoms with Gasteiger partial charge in [0.15, 0.2) is 0 Å². The number of nitrogens with two attached hydrogens (primary N) is 1. The number of benzene rings is 2. The normalized spacial score (nSPS) is 13.8. The maximum Gasteiger partial charge on any atom is 0.225 e. The number of nitrogens with one attached hydrogen (secondary N) is 1. The van der Waals surface area contributed by atoms with E-state index in [1.165, 1.54) is 12.1 Å². The molecule has 0 fully saturated rings. The van der Waals surface area contributed by atoms with E-state index in [9.17, 15) is 14.3 Å². The highest BCUT2D eigenvalue weighted by atomic mass is 19.1. The summed E-state index contributed by atoms with van der Waals surface area (Å²) in [6.45, 7) is 8.02. The fourth-order valence-corrected chi connectivity index (χ4v) is 3.86. The van der Waals surface area contributed by atoms with Crippen LogP contribution in [-0.2, 0) is 20.9 Å². The van der Waals surface area contributed by atoms with Crippen LogP contribution in [0.2, 0.25) is 0 Å². The van der Waals surface area contributed by atoms with Crippen molar-refractivity contribution < 1.29 is 28.5 Å². The number of carbonyl (C=O) groups is 1. The van der Waals surface area contributed by atoms with E-state index in [4.69, 9.17) is 19.9 Å². The van der Waals surface area contributed by atoms with E-state index in [2.05, 4.69) is 5.32 Å². The molecule has 0 aliphatic carbocycles. The molecule has 2 unspecified atom stereocenters. The summed E-state index contributed by atoms with van der Waals surface area (Å²) in [6.07, 6.45) is 1.04. The molecule has 2 aromatic rings. The summed E-state index contributed by atoms with van der Waals surface area (Å²) >= 11 is 0. The lowest BCUT2D eigenvalue weighted by Gasteiger charge is -2.22. The molecule has 37 heavy (non-hydrogen) atoms. The first-order chi connectivity index (χ1) is 17.7. The summed E-state index contributed by atoms with van der Waals surface area (Å²) in [7, 11) is 1.65. The van der Waals surface area contributed by atoms with Crippen LogP contribution in [-0.4, -0.2) is 56.6 Å². The first-order valence-electron chi connectivity index (χ1n) is 13.0. The molecule has 0 saturated carbocycles. The molecule has 0 spiro atoms. The van der Waals surface area contributed by atoms with Crippen LogP contribution in [0.3, 0.4) is 0 Å². The molecule has 0 aliphatic heterocycles. The smallest absolute Gasteiger partial charge is 0.225 e. The van der Waals surface area contributed by atoms with E-state index < -0.39 is 12.0 Å². The Labute approximate surface area is 220 Å². The maximum atomic E-state index is 13.4. The van der Waals surface area contributed by atoms with E-state index in [1.807, 2.05) is 32.0 Å². The van der Waals surface area contributed by atoms with Crippen LogP contribution in [0.1, 0.15) is 45.6 Å². The molecule has 3 atom stereocenters. The molecule has 0 aliphatic rings. The van der Waals surface area contributed by atoms with E-state index in [-0.39, 0.29) is 17.8 Å². The molecule has 0 bridgehead atoms. The van der Waals surface area contributed by atoms with Crippen molar-refractivity contribution in [3.8, 4) is 16.9 Å². The number of amides is 1. The number of methoxy groups -OCH3 is 1. The Kier molecular flexibility index (Phi) is 13.6. The van der Waals surface area contributed by atoms with E-state index in [0.29, 0.717) is 57.5 Å². The Morgan fingerprint density at radius 2 is 1.81 bits per heavy atom. The first kappa shape index (κ1) is 30.7. The van der Waals surface area contributed by atoms with Gasteiger partial charge in [0.1, 0.15) is 11.6 Å². The van der Waals surface area contributed by atoms with Gasteiger partial charge in [-0.25, -0.2) is 4.39 Å². The van der Waals surface area contributed by atoms with Gasteiger partial charge in [-0.1, -0.05) is 38.1 Å². The van der Waals surface area contributed by atoms with Crippen molar-refractivity contribution in [2.45, 2.75) is 58.8 Å². The lowest BCUT2D eigenvalue weighted by atomic mass is 9.94. The van der Waals surface area contributed by atoms with Gasteiger partial charge in [0.25, 0.3) is 0 Å². The average molecular weight is 519 g/mol. The molecule has 4 N–H and O–H groups in total. The second kappa shape index (κ2) is 16.3. The molecular formula is C29H43FN2O5. The van der Waals surface area contributed by atoms with Gasteiger partial charge in [-0.15, -0.1) is 0 Å². The summed E-state index contributed by atoms with van der Waals surface area (Å²) in [5.41, 5.74) is 8.90. The molecule has 0 radical (unpaired) electrons. The molecule has 0 aromatic heterocycles. The Morgan fingerprint density at radius 3 is 2.46 bits per heavy atom. The van der Waals surface area contributed by atoms with Crippen molar-refractivity contribution in [1.29, 1.82) is 0 Å². The minimum Gasteiger partial charge on any atom is -0.493 e. The lowest BCUT2D eigenvalue weighted by Crippen LogP contribution is -2.39. The van der Waals surface area contributed by atoms with Crippen LogP contribution in [0.5, 0.6) is 5.75 Å². The number of aliphatic hydroxyl groups excluding tert-OH is 1. The second-order valence-electron chi connectivity index (χ2n) is 9.87. The maximum absolute atomic E-state index is 13.4. The Morgan fingerprint density at radius 1 is 1.08 bits per heavy atom. The Hall–Kier alpha value is -2.52. The highest BCUT2D eigenvalue weighted by Gasteiger charge is 2.24. The first-order valence-corrected chi connectivity index (χ1v) is 13.0. The molecular weight excluding hydrogens is 475 g/mol. The average Bonchev–Trinajstić information content (AvgIpc) is 2.86. The van der Waals surface area contributed by atoms with Crippen molar-refractivity contribution in [3.63, 3.8) is 0 Å². The number of halogens is 1. The van der Waals surface area contributed by atoms with Crippen LogP contribution in [0.4, 0.5) is 4.39 Å². The molecule has 0 saturated heterocycles.